The number of thiocarbonyl (C=S) groups is 1. The first kappa shape index (κ1) is 23.3. The Morgan fingerprint density at radius 2 is 1.71 bits per heavy atom. The van der Waals surface area contributed by atoms with Crippen molar-refractivity contribution in [2.75, 3.05) is 37.0 Å². The minimum Gasteiger partial charge on any atom is -0.492 e. The van der Waals surface area contributed by atoms with Crippen molar-refractivity contribution in [1.82, 2.24) is 0 Å². The number of rotatable bonds is 8. The molecule has 2 aromatic carbocycles. The summed E-state index contributed by atoms with van der Waals surface area (Å²) in [5.41, 5.74) is 2.13. The van der Waals surface area contributed by atoms with E-state index in [1.165, 1.54) is 10.9 Å². The number of benzene rings is 2. The molecule has 0 saturated heterocycles. The molecule has 0 saturated carbocycles. The zero-order valence-corrected chi connectivity index (χ0v) is 21.4. The van der Waals surface area contributed by atoms with Gasteiger partial charge in [0.15, 0.2) is 0 Å². The molecule has 0 N–H and O–H groups in total. The minimum atomic E-state index is -1.33. The number of nitrogens with zero attached hydrogens (tertiary/aromatic N) is 2. The van der Waals surface area contributed by atoms with Crippen LogP contribution in [0.2, 0.25) is 19.6 Å². The highest BCUT2D eigenvalue weighted by Crippen LogP contribution is 2.22. The first-order valence-electron chi connectivity index (χ1n) is 10.3. The largest absolute Gasteiger partial charge is 0.492 e. The van der Waals surface area contributed by atoms with Crippen molar-refractivity contribution in [3.05, 3.63) is 65.4 Å². The average molecular weight is 471 g/mol. The molecule has 0 unspecified atom stereocenters. The fourth-order valence-electron chi connectivity index (χ4n) is 2.98. The van der Waals surface area contributed by atoms with E-state index in [1.54, 1.807) is 11.3 Å². The summed E-state index contributed by atoms with van der Waals surface area (Å²) in [4.78, 5) is 4.04. The molecule has 0 aliphatic carbocycles. The first-order valence-corrected chi connectivity index (χ1v) is 15.1. The van der Waals surface area contributed by atoms with Gasteiger partial charge >= 0.3 is 0 Å². The molecule has 0 fully saturated rings. The molecule has 4 nitrogen and oxygen atoms in total. The Labute approximate surface area is 196 Å². The molecule has 0 spiro atoms. The standard InChI is InChI=1S/C24H30N2O2S2Si/c1-25(20-13-16-30-18-20)14-15-27-22-8-6-7-19(17-22)26(2)24(29)28-21-9-11-23(12-10-21)31(3,4)5/h6-13,16-18H,14-15H2,1-5H3. The van der Waals surface area contributed by atoms with Crippen LogP contribution in [0.3, 0.4) is 0 Å². The number of hydrogen-bond acceptors (Lipinski definition) is 5. The Morgan fingerprint density at radius 3 is 2.35 bits per heavy atom. The molecule has 31 heavy (non-hydrogen) atoms. The Morgan fingerprint density at radius 1 is 0.968 bits per heavy atom. The van der Waals surface area contributed by atoms with Crippen molar-refractivity contribution in [2.24, 2.45) is 0 Å². The number of anilines is 2. The van der Waals surface area contributed by atoms with Crippen molar-refractivity contribution in [3.8, 4) is 11.5 Å². The van der Waals surface area contributed by atoms with Crippen LogP contribution in [0.4, 0.5) is 11.4 Å². The van der Waals surface area contributed by atoms with Crippen molar-refractivity contribution >= 4 is 53.4 Å². The van der Waals surface area contributed by atoms with Gasteiger partial charge in [0.05, 0.1) is 14.6 Å². The summed E-state index contributed by atoms with van der Waals surface area (Å²) < 4.78 is 11.9. The Balaban J connectivity index is 1.56. The van der Waals surface area contributed by atoms with Crippen LogP contribution >= 0.6 is 23.6 Å². The van der Waals surface area contributed by atoms with E-state index < -0.39 is 8.07 Å². The van der Waals surface area contributed by atoms with Crippen LogP contribution in [-0.4, -0.2) is 40.5 Å². The maximum absolute atomic E-state index is 5.96. The van der Waals surface area contributed by atoms with Gasteiger partial charge in [0.25, 0.3) is 5.17 Å². The van der Waals surface area contributed by atoms with E-state index in [9.17, 15) is 0 Å². The van der Waals surface area contributed by atoms with E-state index in [0.717, 1.165) is 23.7 Å². The predicted molar refractivity (Wildman–Crippen MR) is 141 cm³/mol. The Bertz CT molecular complexity index is 986. The van der Waals surface area contributed by atoms with Gasteiger partial charge in [-0.2, -0.15) is 11.3 Å². The lowest BCUT2D eigenvalue weighted by Gasteiger charge is -2.22. The molecule has 164 valence electrons. The third-order valence-corrected chi connectivity index (χ3v) is 8.14. The Hall–Kier alpha value is -2.35. The SMILES string of the molecule is CN(CCOc1cccc(N(C)C(=S)Oc2ccc([Si](C)(C)C)cc2)c1)c1ccsc1. The van der Waals surface area contributed by atoms with Crippen molar-refractivity contribution in [3.63, 3.8) is 0 Å². The highest BCUT2D eigenvalue weighted by atomic mass is 32.1. The number of hydrogen-bond donors (Lipinski definition) is 0. The van der Waals surface area contributed by atoms with E-state index in [4.69, 9.17) is 21.7 Å². The molecule has 0 aliphatic heterocycles. The van der Waals surface area contributed by atoms with Crippen LogP contribution in [0.25, 0.3) is 0 Å². The van der Waals surface area contributed by atoms with Gasteiger partial charge in [0, 0.05) is 36.9 Å². The van der Waals surface area contributed by atoms with Gasteiger partial charge in [-0.05, 0) is 47.9 Å². The third kappa shape index (κ3) is 6.56. The van der Waals surface area contributed by atoms with Crippen molar-refractivity contribution in [1.29, 1.82) is 0 Å². The summed E-state index contributed by atoms with van der Waals surface area (Å²) in [5, 5.41) is 6.01. The maximum Gasteiger partial charge on any atom is 0.269 e. The van der Waals surface area contributed by atoms with Gasteiger partial charge in [-0.1, -0.05) is 43.0 Å². The summed E-state index contributed by atoms with van der Waals surface area (Å²) in [6.07, 6.45) is 0. The van der Waals surface area contributed by atoms with E-state index in [1.807, 2.05) is 48.3 Å². The third-order valence-electron chi connectivity index (χ3n) is 5.05. The van der Waals surface area contributed by atoms with Gasteiger partial charge < -0.3 is 19.3 Å². The van der Waals surface area contributed by atoms with Crippen LogP contribution in [0.1, 0.15) is 0 Å². The molecule has 7 heteroatoms. The second-order valence-corrected chi connectivity index (χ2v) is 14.7. The highest BCUT2D eigenvalue weighted by molar-refractivity contribution is 7.80. The summed E-state index contributed by atoms with van der Waals surface area (Å²) in [7, 11) is 2.65. The maximum atomic E-state index is 5.96. The number of ether oxygens (including phenoxy) is 2. The smallest absolute Gasteiger partial charge is 0.269 e. The van der Waals surface area contributed by atoms with Crippen LogP contribution in [0, 0.1) is 0 Å². The lowest BCUT2D eigenvalue weighted by atomic mass is 10.3. The molecule has 0 aliphatic rings. The lowest BCUT2D eigenvalue weighted by molar-refractivity contribution is 0.326. The predicted octanol–water partition coefficient (Wildman–Crippen LogP) is 5.61. The molecule has 0 bridgehead atoms. The summed E-state index contributed by atoms with van der Waals surface area (Å²) in [5.74, 6) is 1.56. The second kappa shape index (κ2) is 10.3. The molecule has 1 aromatic heterocycles. The molecular formula is C24H30N2O2S2Si. The van der Waals surface area contributed by atoms with Crippen molar-refractivity contribution < 1.29 is 9.47 Å². The number of likely N-dealkylation sites (N-methyl/N-ethyl adjacent to an activating group) is 1. The Kier molecular flexibility index (Phi) is 7.75. The molecule has 1 heterocycles. The second-order valence-electron chi connectivity index (χ2n) is 8.45. The van der Waals surface area contributed by atoms with Gasteiger partial charge in [-0.25, -0.2) is 0 Å². The molecule has 0 atom stereocenters. The monoisotopic (exact) mass is 470 g/mol. The minimum absolute atomic E-state index is 0.398. The summed E-state index contributed by atoms with van der Waals surface area (Å²) >= 11 is 7.22. The van der Waals surface area contributed by atoms with Crippen LogP contribution in [-0.2, 0) is 0 Å². The highest BCUT2D eigenvalue weighted by Gasteiger charge is 2.16. The van der Waals surface area contributed by atoms with Crippen LogP contribution < -0.4 is 24.5 Å². The summed E-state index contributed by atoms with van der Waals surface area (Å²) in [6.45, 7) is 8.40. The molecule has 0 radical (unpaired) electrons. The van der Waals surface area contributed by atoms with E-state index in [-0.39, 0.29) is 0 Å². The van der Waals surface area contributed by atoms with Crippen LogP contribution in [0.15, 0.2) is 65.4 Å². The first-order chi connectivity index (χ1) is 14.7. The summed E-state index contributed by atoms with van der Waals surface area (Å²) in [6, 6.07) is 18.3. The van der Waals surface area contributed by atoms with Gasteiger partial charge in [0.1, 0.15) is 18.1 Å². The van der Waals surface area contributed by atoms with Crippen LogP contribution in [0.5, 0.6) is 11.5 Å². The molecule has 3 aromatic rings. The van der Waals surface area contributed by atoms with E-state index in [0.29, 0.717) is 11.8 Å². The molecule has 3 rings (SSSR count). The van der Waals surface area contributed by atoms with Gasteiger partial charge in [-0.15, -0.1) is 0 Å². The zero-order valence-electron chi connectivity index (χ0n) is 18.8. The molecule has 0 amide bonds. The quantitative estimate of drug-likeness (QED) is 0.315. The van der Waals surface area contributed by atoms with E-state index >= 15 is 0 Å². The zero-order chi connectivity index (χ0) is 22.4. The van der Waals surface area contributed by atoms with E-state index in [2.05, 4.69) is 60.5 Å². The topological polar surface area (TPSA) is 24.9 Å². The van der Waals surface area contributed by atoms with Gasteiger partial charge in [-0.3, -0.25) is 0 Å². The number of thiophene rings is 1. The average Bonchev–Trinajstić information content (AvgIpc) is 3.28. The molecular weight excluding hydrogens is 440 g/mol. The fraction of sp³-hybridized carbons (Fsp3) is 0.292. The van der Waals surface area contributed by atoms with Crippen molar-refractivity contribution in [2.45, 2.75) is 19.6 Å². The normalized spacial score (nSPS) is 11.1. The lowest BCUT2D eigenvalue weighted by Crippen LogP contribution is -2.37. The fourth-order valence-corrected chi connectivity index (χ4v) is 5.05. The van der Waals surface area contributed by atoms with Gasteiger partial charge in [0.2, 0.25) is 0 Å².